The number of hydrogen-bond acceptors (Lipinski definition) is 5. The number of aliphatic hydroxyl groups is 1. The van der Waals surface area contributed by atoms with E-state index >= 15 is 0 Å². The highest BCUT2D eigenvalue weighted by Gasteiger charge is 2.19. The lowest BCUT2D eigenvalue weighted by atomic mass is 10.1. The molecular formula is C19H24N4O3. The van der Waals surface area contributed by atoms with Crippen LogP contribution in [0.15, 0.2) is 18.2 Å². The Labute approximate surface area is 151 Å². The van der Waals surface area contributed by atoms with E-state index < -0.39 is 12.1 Å². The first kappa shape index (κ1) is 18.1. The van der Waals surface area contributed by atoms with Gasteiger partial charge in [0.1, 0.15) is 11.3 Å². The number of rotatable bonds is 7. The zero-order valence-electron chi connectivity index (χ0n) is 15.3. The highest BCUT2D eigenvalue weighted by atomic mass is 16.4. The molecule has 138 valence electrons. The molecule has 2 heterocycles. The number of unbranched alkanes of at least 4 members (excludes halogenated alkanes) is 1. The average molecular weight is 356 g/mol. The van der Waals surface area contributed by atoms with Crippen molar-refractivity contribution in [1.82, 2.24) is 14.5 Å². The number of anilines is 1. The molecule has 0 amide bonds. The van der Waals surface area contributed by atoms with Gasteiger partial charge in [-0.1, -0.05) is 13.3 Å². The molecule has 7 nitrogen and oxygen atoms in total. The summed E-state index contributed by atoms with van der Waals surface area (Å²) in [5.74, 6) is 0.536. The third-order valence-corrected chi connectivity index (χ3v) is 4.44. The Morgan fingerprint density at radius 1 is 1.35 bits per heavy atom. The number of benzene rings is 1. The molecule has 0 saturated heterocycles. The van der Waals surface area contributed by atoms with Crippen LogP contribution in [-0.4, -0.2) is 43.9 Å². The summed E-state index contributed by atoms with van der Waals surface area (Å²) in [6.07, 6.45) is 2.35. The Kier molecular flexibility index (Phi) is 5.08. The van der Waals surface area contributed by atoms with E-state index in [9.17, 15) is 15.0 Å². The van der Waals surface area contributed by atoms with E-state index in [1.807, 2.05) is 4.57 Å². The summed E-state index contributed by atoms with van der Waals surface area (Å²) in [6.45, 7) is 4.31. The van der Waals surface area contributed by atoms with Gasteiger partial charge in [-0.25, -0.2) is 14.8 Å². The van der Waals surface area contributed by atoms with Gasteiger partial charge in [0.2, 0.25) is 0 Å². The average Bonchev–Trinajstić information content (AvgIpc) is 2.96. The molecular weight excluding hydrogens is 332 g/mol. The van der Waals surface area contributed by atoms with Crippen LogP contribution in [-0.2, 0) is 13.0 Å². The topological polar surface area (TPSA) is 100 Å². The third-order valence-electron chi connectivity index (χ3n) is 4.44. The lowest BCUT2D eigenvalue weighted by Gasteiger charge is -2.13. The lowest BCUT2D eigenvalue weighted by Crippen LogP contribution is -2.14. The number of aliphatic hydroxyl groups excluding tert-OH is 1. The van der Waals surface area contributed by atoms with Crippen LogP contribution in [0.2, 0.25) is 0 Å². The van der Waals surface area contributed by atoms with E-state index in [0.717, 1.165) is 41.5 Å². The van der Waals surface area contributed by atoms with Crippen molar-refractivity contribution in [2.24, 2.45) is 0 Å². The van der Waals surface area contributed by atoms with Crippen LogP contribution >= 0.6 is 0 Å². The number of aromatic nitrogens is 3. The first-order valence-corrected chi connectivity index (χ1v) is 8.88. The molecule has 0 aliphatic heterocycles. The van der Waals surface area contributed by atoms with Gasteiger partial charge in [-0.2, -0.15) is 0 Å². The quantitative estimate of drug-likeness (QED) is 0.602. The number of carboxylic acids is 1. The first-order valence-electron chi connectivity index (χ1n) is 8.88. The number of fused-ring (bicyclic) bond motifs is 3. The zero-order valence-corrected chi connectivity index (χ0v) is 15.3. The second-order valence-electron chi connectivity index (χ2n) is 6.54. The second-order valence-corrected chi connectivity index (χ2v) is 6.54. The minimum absolute atomic E-state index is 0.194. The fourth-order valence-electron chi connectivity index (χ4n) is 3.23. The van der Waals surface area contributed by atoms with Crippen LogP contribution in [0.5, 0.6) is 0 Å². The van der Waals surface area contributed by atoms with Crippen LogP contribution in [0.3, 0.4) is 0 Å². The molecule has 0 saturated carbocycles. The molecule has 26 heavy (non-hydrogen) atoms. The standard InChI is InChI=1S/C19H24N4O3/c1-4-5-6-15-22-16-17(23(15)10-11(2)24)13-8-7-12(19(25)26)9-14(13)21-18(16)20-3/h7-9,11,24H,4-6,10H2,1-3H3,(H,20,21)(H,25,26). The van der Waals surface area contributed by atoms with Crippen molar-refractivity contribution in [3.8, 4) is 0 Å². The number of nitrogens with zero attached hydrogens (tertiary/aromatic N) is 3. The molecule has 0 aliphatic rings. The molecule has 0 aliphatic carbocycles. The van der Waals surface area contributed by atoms with Crippen LogP contribution in [0.4, 0.5) is 5.82 Å². The van der Waals surface area contributed by atoms with Crippen LogP contribution in [0.1, 0.15) is 42.9 Å². The van der Waals surface area contributed by atoms with Crippen molar-refractivity contribution < 1.29 is 15.0 Å². The molecule has 3 rings (SSSR count). The summed E-state index contributed by atoms with van der Waals surface area (Å²) >= 11 is 0. The molecule has 1 aromatic carbocycles. The largest absolute Gasteiger partial charge is 0.478 e. The number of imidazole rings is 1. The molecule has 3 N–H and O–H groups in total. The Morgan fingerprint density at radius 2 is 2.12 bits per heavy atom. The predicted molar refractivity (Wildman–Crippen MR) is 102 cm³/mol. The fourth-order valence-corrected chi connectivity index (χ4v) is 3.23. The summed E-state index contributed by atoms with van der Waals surface area (Å²) < 4.78 is 2.04. The minimum atomic E-state index is -0.985. The molecule has 3 aromatic rings. The second kappa shape index (κ2) is 7.29. The molecule has 0 spiro atoms. The van der Waals surface area contributed by atoms with E-state index in [-0.39, 0.29) is 5.56 Å². The summed E-state index contributed by atoms with van der Waals surface area (Å²) in [6, 6.07) is 4.93. The smallest absolute Gasteiger partial charge is 0.335 e. The Morgan fingerprint density at radius 3 is 2.73 bits per heavy atom. The highest BCUT2D eigenvalue weighted by Crippen LogP contribution is 2.31. The van der Waals surface area contributed by atoms with E-state index in [1.165, 1.54) is 0 Å². The molecule has 7 heteroatoms. The number of pyridine rings is 1. The summed E-state index contributed by atoms with van der Waals surface area (Å²) in [4.78, 5) is 20.7. The first-order chi connectivity index (χ1) is 12.5. The zero-order chi connectivity index (χ0) is 18.8. The maximum absolute atomic E-state index is 11.3. The van der Waals surface area contributed by atoms with E-state index in [0.29, 0.717) is 17.9 Å². The van der Waals surface area contributed by atoms with E-state index in [2.05, 4.69) is 17.2 Å². The number of aryl methyl sites for hydroxylation is 1. The lowest BCUT2D eigenvalue weighted by molar-refractivity contribution is 0.0697. The van der Waals surface area contributed by atoms with Crippen molar-refractivity contribution in [1.29, 1.82) is 0 Å². The number of hydrogen-bond donors (Lipinski definition) is 3. The normalized spacial score (nSPS) is 12.6. The van der Waals surface area contributed by atoms with Crippen molar-refractivity contribution in [2.75, 3.05) is 12.4 Å². The van der Waals surface area contributed by atoms with E-state index in [4.69, 9.17) is 4.98 Å². The molecule has 0 radical (unpaired) electrons. The van der Waals surface area contributed by atoms with Crippen molar-refractivity contribution >= 4 is 33.7 Å². The number of carboxylic acid groups (broad SMARTS) is 1. The number of nitrogens with one attached hydrogen (secondary N) is 1. The third kappa shape index (κ3) is 3.22. The molecule has 1 atom stereocenters. The number of carbonyl (C=O) groups is 1. The Balaban J connectivity index is 2.35. The summed E-state index contributed by atoms with van der Waals surface area (Å²) in [7, 11) is 1.77. The van der Waals surface area contributed by atoms with Gasteiger partial charge in [-0.15, -0.1) is 0 Å². The van der Waals surface area contributed by atoms with Gasteiger partial charge < -0.3 is 20.1 Å². The van der Waals surface area contributed by atoms with Crippen molar-refractivity contribution in [3.63, 3.8) is 0 Å². The Hall–Kier alpha value is -2.67. The van der Waals surface area contributed by atoms with Crippen LogP contribution < -0.4 is 5.32 Å². The molecule has 0 fully saturated rings. The van der Waals surface area contributed by atoms with Gasteiger partial charge >= 0.3 is 5.97 Å². The Bertz CT molecular complexity index is 962. The van der Waals surface area contributed by atoms with Gasteiger partial charge in [0.25, 0.3) is 0 Å². The van der Waals surface area contributed by atoms with Gasteiger partial charge in [0.05, 0.1) is 29.2 Å². The van der Waals surface area contributed by atoms with Gasteiger partial charge in [0, 0.05) is 18.9 Å². The van der Waals surface area contributed by atoms with Gasteiger partial charge in [-0.3, -0.25) is 0 Å². The summed E-state index contributed by atoms with van der Waals surface area (Å²) in [5, 5.41) is 23.2. The predicted octanol–water partition coefficient (Wildman–Crippen LogP) is 3.05. The van der Waals surface area contributed by atoms with Crippen LogP contribution in [0.25, 0.3) is 21.9 Å². The SMILES string of the molecule is CCCCc1nc2c(NC)nc3cc(C(=O)O)ccc3c2n1CC(C)O. The fraction of sp³-hybridized carbons (Fsp3) is 0.421. The van der Waals surface area contributed by atoms with Crippen LogP contribution in [0, 0.1) is 0 Å². The maximum atomic E-state index is 11.3. The monoisotopic (exact) mass is 356 g/mol. The molecule has 1 unspecified atom stereocenters. The van der Waals surface area contributed by atoms with Gasteiger partial charge in [-0.05, 0) is 31.5 Å². The van der Waals surface area contributed by atoms with E-state index in [1.54, 1.807) is 32.2 Å². The van der Waals surface area contributed by atoms with Crippen molar-refractivity contribution in [3.05, 3.63) is 29.6 Å². The van der Waals surface area contributed by atoms with Crippen molar-refractivity contribution in [2.45, 2.75) is 45.8 Å². The highest BCUT2D eigenvalue weighted by molar-refractivity contribution is 6.08. The maximum Gasteiger partial charge on any atom is 0.335 e. The number of aromatic carboxylic acids is 1. The van der Waals surface area contributed by atoms with Gasteiger partial charge in [0.15, 0.2) is 5.82 Å². The molecule has 2 aromatic heterocycles. The minimum Gasteiger partial charge on any atom is -0.478 e. The molecule has 0 bridgehead atoms. The summed E-state index contributed by atoms with van der Waals surface area (Å²) in [5.41, 5.74) is 2.41.